The van der Waals surface area contributed by atoms with E-state index in [1.165, 1.54) is 12.1 Å². The van der Waals surface area contributed by atoms with Gasteiger partial charge in [-0.05, 0) is 55.4 Å². The minimum atomic E-state index is -1.21. The van der Waals surface area contributed by atoms with Crippen molar-refractivity contribution in [2.75, 3.05) is 0 Å². The number of nitrogens with zero attached hydrogens (tertiary/aromatic N) is 1. The summed E-state index contributed by atoms with van der Waals surface area (Å²) in [6.45, 7) is 0. The molecule has 24 heavy (non-hydrogen) atoms. The lowest BCUT2D eigenvalue weighted by atomic mass is 9.93. The molecule has 1 atom stereocenters. The van der Waals surface area contributed by atoms with Crippen molar-refractivity contribution in [1.29, 1.82) is 0 Å². The Labute approximate surface area is 137 Å². The number of carbonyl (C=O) groups is 1. The third-order valence-corrected chi connectivity index (χ3v) is 4.62. The molecule has 2 aliphatic rings. The van der Waals surface area contributed by atoms with Crippen LogP contribution < -0.4 is 4.74 Å². The average molecular weight is 331 g/mol. The van der Waals surface area contributed by atoms with Gasteiger partial charge in [0.2, 0.25) is 5.88 Å². The van der Waals surface area contributed by atoms with Crippen LogP contribution in [0.4, 0.5) is 8.78 Å². The molecule has 2 heterocycles. The van der Waals surface area contributed by atoms with Crippen LogP contribution in [0, 0.1) is 17.6 Å². The molecule has 0 amide bonds. The number of ether oxygens (including phenoxy) is 1. The monoisotopic (exact) mass is 331 g/mol. The highest BCUT2D eigenvalue weighted by Gasteiger charge is 2.37. The predicted octanol–water partition coefficient (Wildman–Crippen LogP) is 3.83. The van der Waals surface area contributed by atoms with E-state index in [1.54, 1.807) is 0 Å². The zero-order valence-electron chi connectivity index (χ0n) is 12.8. The number of pyridine rings is 1. The van der Waals surface area contributed by atoms with Crippen LogP contribution >= 0.6 is 0 Å². The molecule has 0 unspecified atom stereocenters. The van der Waals surface area contributed by atoms with E-state index >= 15 is 0 Å². The minimum Gasteiger partial charge on any atom is -0.477 e. The second kappa shape index (κ2) is 5.54. The van der Waals surface area contributed by atoms with Gasteiger partial charge in [0.25, 0.3) is 0 Å². The highest BCUT2D eigenvalue weighted by atomic mass is 19.1. The third-order valence-electron chi connectivity index (χ3n) is 4.62. The van der Waals surface area contributed by atoms with Gasteiger partial charge in [0.15, 0.2) is 5.69 Å². The van der Waals surface area contributed by atoms with Crippen molar-refractivity contribution in [2.24, 2.45) is 5.92 Å². The highest BCUT2D eigenvalue weighted by Crippen LogP contribution is 2.42. The van der Waals surface area contributed by atoms with Gasteiger partial charge in [0, 0.05) is 17.2 Å². The Hall–Kier alpha value is -2.50. The molecule has 1 saturated carbocycles. The number of halogens is 2. The molecule has 0 bridgehead atoms. The number of aromatic nitrogens is 1. The number of hydrogen-bond donors (Lipinski definition) is 1. The normalized spacial score (nSPS) is 19.5. The van der Waals surface area contributed by atoms with E-state index in [4.69, 9.17) is 4.74 Å². The lowest BCUT2D eigenvalue weighted by Gasteiger charge is -2.27. The lowest BCUT2D eigenvalue weighted by molar-refractivity contribution is 0.0686. The number of fused-ring (bicyclic) bond motifs is 1. The maximum atomic E-state index is 14.2. The molecule has 0 spiro atoms. The van der Waals surface area contributed by atoms with Crippen LogP contribution in [-0.4, -0.2) is 22.2 Å². The summed E-state index contributed by atoms with van der Waals surface area (Å²) in [5, 5.41) is 9.29. The summed E-state index contributed by atoms with van der Waals surface area (Å²) in [7, 11) is 0. The van der Waals surface area contributed by atoms with Gasteiger partial charge in [-0.15, -0.1) is 0 Å². The molecule has 0 radical (unpaired) electrons. The first-order chi connectivity index (χ1) is 11.5. The van der Waals surface area contributed by atoms with Gasteiger partial charge in [0.1, 0.15) is 17.7 Å². The summed E-state index contributed by atoms with van der Waals surface area (Å²) in [5.41, 5.74) is 1.04. The van der Waals surface area contributed by atoms with Crippen LogP contribution in [0.2, 0.25) is 0 Å². The van der Waals surface area contributed by atoms with Crippen molar-refractivity contribution in [3.05, 3.63) is 47.2 Å². The maximum absolute atomic E-state index is 14.2. The van der Waals surface area contributed by atoms with Crippen LogP contribution in [0.15, 0.2) is 24.3 Å². The van der Waals surface area contributed by atoms with Gasteiger partial charge in [0.05, 0.1) is 0 Å². The Bertz CT molecular complexity index is 833. The summed E-state index contributed by atoms with van der Waals surface area (Å²) in [4.78, 5) is 15.5. The first kappa shape index (κ1) is 15.1. The van der Waals surface area contributed by atoms with E-state index in [9.17, 15) is 18.7 Å². The molecule has 4 rings (SSSR count). The van der Waals surface area contributed by atoms with Crippen molar-refractivity contribution in [3.8, 4) is 17.0 Å². The summed E-state index contributed by atoms with van der Waals surface area (Å²) in [5.74, 6) is -1.86. The van der Waals surface area contributed by atoms with Crippen LogP contribution in [0.5, 0.6) is 5.88 Å². The zero-order chi connectivity index (χ0) is 16.8. The third kappa shape index (κ3) is 2.62. The largest absolute Gasteiger partial charge is 0.477 e. The van der Waals surface area contributed by atoms with E-state index in [0.29, 0.717) is 23.5 Å². The number of carboxylic acid groups (broad SMARTS) is 1. The standard InChI is InChI=1S/C18H15F2NO3/c19-10-3-4-11(14(20)7-10)13-8-15(18(22)23)21-17-12(13)5-6-16(24-17)9-1-2-9/h3-4,7-9,16H,1-2,5-6H2,(H,22,23)/t16-/m0/s1. The molecule has 1 aromatic carbocycles. The summed E-state index contributed by atoms with van der Waals surface area (Å²) >= 11 is 0. The van der Waals surface area contributed by atoms with Gasteiger partial charge in [-0.25, -0.2) is 18.6 Å². The smallest absolute Gasteiger partial charge is 0.354 e. The number of benzene rings is 1. The Morgan fingerprint density at radius 1 is 1.17 bits per heavy atom. The topological polar surface area (TPSA) is 59.4 Å². The van der Waals surface area contributed by atoms with Crippen molar-refractivity contribution in [3.63, 3.8) is 0 Å². The Kier molecular flexibility index (Phi) is 3.48. The van der Waals surface area contributed by atoms with Gasteiger partial charge >= 0.3 is 5.97 Å². The molecule has 6 heteroatoms. The molecular weight excluding hydrogens is 316 g/mol. The van der Waals surface area contributed by atoms with E-state index in [2.05, 4.69) is 4.98 Å². The molecule has 1 aliphatic carbocycles. The molecule has 4 nitrogen and oxygen atoms in total. The fraction of sp³-hybridized carbons (Fsp3) is 0.333. The zero-order valence-corrected chi connectivity index (χ0v) is 12.8. The molecule has 0 saturated heterocycles. The number of rotatable bonds is 3. The summed E-state index contributed by atoms with van der Waals surface area (Å²) < 4.78 is 33.3. The maximum Gasteiger partial charge on any atom is 0.354 e. The Balaban J connectivity index is 1.85. The summed E-state index contributed by atoms with van der Waals surface area (Å²) in [6, 6.07) is 4.60. The van der Waals surface area contributed by atoms with Crippen LogP contribution in [0.25, 0.3) is 11.1 Å². The van der Waals surface area contributed by atoms with Crippen LogP contribution in [-0.2, 0) is 6.42 Å². The Morgan fingerprint density at radius 3 is 2.62 bits per heavy atom. The lowest BCUT2D eigenvalue weighted by Crippen LogP contribution is -2.26. The van der Waals surface area contributed by atoms with Gasteiger partial charge in [-0.3, -0.25) is 0 Å². The number of aromatic carboxylic acids is 1. The van der Waals surface area contributed by atoms with Gasteiger partial charge in [-0.2, -0.15) is 0 Å². The molecule has 1 N–H and O–H groups in total. The van der Waals surface area contributed by atoms with Crippen molar-refractivity contribution < 1.29 is 23.4 Å². The second-order valence-electron chi connectivity index (χ2n) is 6.30. The molecule has 2 aromatic rings. The van der Waals surface area contributed by atoms with E-state index in [0.717, 1.165) is 31.4 Å². The quantitative estimate of drug-likeness (QED) is 0.929. The van der Waals surface area contributed by atoms with Crippen molar-refractivity contribution in [2.45, 2.75) is 31.8 Å². The molecule has 1 fully saturated rings. The molecule has 1 aromatic heterocycles. The van der Waals surface area contributed by atoms with Crippen molar-refractivity contribution in [1.82, 2.24) is 4.98 Å². The second-order valence-corrected chi connectivity index (χ2v) is 6.30. The Morgan fingerprint density at radius 2 is 1.96 bits per heavy atom. The number of carboxylic acids is 1. The van der Waals surface area contributed by atoms with Gasteiger partial charge < -0.3 is 9.84 Å². The number of hydrogen-bond acceptors (Lipinski definition) is 3. The van der Waals surface area contributed by atoms with Gasteiger partial charge in [-0.1, -0.05) is 0 Å². The molecule has 124 valence electrons. The predicted molar refractivity (Wildman–Crippen MR) is 82.0 cm³/mol. The van der Waals surface area contributed by atoms with E-state index < -0.39 is 17.6 Å². The fourth-order valence-corrected chi connectivity index (χ4v) is 3.23. The highest BCUT2D eigenvalue weighted by molar-refractivity contribution is 5.88. The van der Waals surface area contributed by atoms with E-state index in [-0.39, 0.29) is 23.2 Å². The van der Waals surface area contributed by atoms with E-state index in [1.807, 2.05) is 0 Å². The first-order valence-electron chi connectivity index (χ1n) is 7.92. The van der Waals surface area contributed by atoms with Crippen LogP contribution in [0.1, 0.15) is 35.3 Å². The molecular formula is C18H15F2NO3. The molecule has 1 aliphatic heterocycles. The minimum absolute atomic E-state index is 0.0416. The first-order valence-corrected chi connectivity index (χ1v) is 7.92. The average Bonchev–Trinajstić information content (AvgIpc) is 3.38. The fourth-order valence-electron chi connectivity index (χ4n) is 3.23. The SMILES string of the molecule is O=C(O)c1cc(-c2ccc(F)cc2F)c2c(n1)O[C@H](C1CC1)CC2. The van der Waals surface area contributed by atoms with Crippen molar-refractivity contribution >= 4 is 5.97 Å². The summed E-state index contributed by atoms with van der Waals surface area (Å²) in [6.07, 6.45) is 3.69. The van der Waals surface area contributed by atoms with Crippen LogP contribution in [0.3, 0.4) is 0 Å².